The molecule has 1 aromatic carbocycles. The maximum Gasteiger partial charge on any atom is 1.00 e. The van der Waals surface area contributed by atoms with Gasteiger partial charge in [0.2, 0.25) is 0 Å². The van der Waals surface area contributed by atoms with Crippen molar-refractivity contribution in [3.05, 3.63) is 29.8 Å². The van der Waals surface area contributed by atoms with Gasteiger partial charge in [0, 0.05) is 5.97 Å². The summed E-state index contributed by atoms with van der Waals surface area (Å²) >= 11 is 0. The molecule has 0 fully saturated rings. The fourth-order valence-corrected chi connectivity index (χ4v) is 1.23. The number of rotatable bonds is 4. The Bertz CT molecular complexity index is 403. The summed E-state index contributed by atoms with van der Waals surface area (Å²) in [5.41, 5.74) is 0.970. The van der Waals surface area contributed by atoms with Gasteiger partial charge in [0.15, 0.2) is 0 Å². The van der Waals surface area contributed by atoms with Crippen LogP contribution >= 0.6 is 0 Å². The third-order valence-corrected chi connectivity index (χ3v) is 2.08. The van der Waals surface area contributed by atoms with Crippen LogP contribution in [0.2, 0.25) is 0 Å². The van der Waals surface area contributed by atoms with Crippen LogP contribution in [0.4, 0.5) is 0 Å². The molecule has 1 atom stereocenters. The van der Waals surface area contributed by atoms with Crippen LogP contribution in [0, 0.1) is 12.8 Å². The molecule has 0 aliphatic carbocycles. The van der Waals surface area contributed by atoms with Crippen molar-refractivity contribution in [1.29, 1.82) is 0 Å². The average Bonchev–Trinajstić information content (AvgIpc) is 2.16. The third kappa shape index (κ3) is 5.86. The number of carboxylic acid groups (broad SMARTS) is 1. The number of hydrogen-bond acceptors (Lipinski definition) is 4. The summed E-state index contributed by atoms with van der Waals surface area (Å²) < 4.78 is 5.03. The molecule has 0 amide bonds. The summed E-state index contributed by atoms with van der Waals surface area (Å²) in [7, 11) is 0. The van der Waals surface area contributed by atoms with Crippen molar-refractivity contribution in [1.82, 2.24) is 0 Å². The first-order valence-electron chi connectivity index (χ1n) is 4.97. The van der Waals surface area contributed by atoms with Crippen LogP contribution in [0.25, 0.3) is 0 Å². The Morgan fingerprint density at radius 1 is 1.41 bits per heavy atom. The van der Waals surface area contributed by atoms with Gasteiger partial charge in [-0.25, -0.2) is 0 Å². The van der Waals surface area contributed by atoms with Crippen LogP contribution in [-0.2, 0) is 9.59 Å². The van der Waals surface area contributed by atoms with Crippen molar-refractivity contribution < 1.29 is 49.0 Å². The zero-order valence-electron chi connectivity index (χ0n) is 10.2. The molecule has 0 heterocycles. The molecular formula is C12H13NaO4. The first-order chi connectivity index (χ1) is 7.49. The molecule has 0 aromatic heterocycles. The van der Waals surface area contributed by atoms with Gasteiger partial charge in [0.25, 0.3) is 0 Å². The third-order valence-electron chi connectivity index (χ3n) is 2.08. The van der Waals surface area contributed by atoms with Gasteiger partial charge in [-0.2, -0.15) is 0 Å². The van der Waals surface area contributed by atoms with Gasteiger partial charge >= 0.3 is 35.5 Å². The minimum absolute atomic E-state index is 0. The second kappa shape index (κ2) is 7.48. The quantitative estimate of drug-likeness (QED) is 0.339. The number of aliphatic carboxylic acids is 1. The molecule has 0 N–H and O–H groups in total. The molecule has 17 heavy (non-hydrogen) atoms. The van der Waals surface area contributed by atoms with Crippen LogP contribution in [0.5, 0.6) is 5.75 Å². The summed E-state index contributed by atoms with van der Waals surface area (Å²) in [6.45, 7) is 3.37. The number of esters is 1. The van der Waals surface area contributed by atoms with E-state index in [4.69, 9.17) is 4.74 Å². The van der Waals surface area contributed by atoms with Crippen molar-refractivity contribution in [3.8, 4) is 5.75 Å². The Balaban J connectivity index is 0.00000256. The predicted octanol–water partition coefficient (Wildman–Crippen LogP) is -2.32. The Labute approximate surface area is 122 Å². The number of ether oxygens (including phenoxy) is 1. The Hall–Kier alpha value is -0.840. The van der Waals surface area contributed by atoms with Crippen LogP contribution in [-0.4, -0.2) is 11.9 Å². The van der Waals surface area contributed by atoms with E-state index >= 15 is 0 Å². The summed E-state index contributed by atoms with van der Waals surface area (Å²) in [5.74, 6) is -2.09. The molecule has 1 aromatic rings. The summed E-state index contributed by atoms with van der Waals surface area (Å²) in [5, 5.41) is 10.3. The van der Waals surface area contributed by atoms with E-state index in [0.29, 0.717) is 5.75 Å². The molecular weight excluding hydrogens is 231 g/mol. The number of carbonyl (C=O) groups is 2. The molecule has 0 radical (unpaired) electrons. The van der Waals surface area contributed by atoms with Gasteiger partial charge in [0.05, 0.1) is 5.92 Å². The van der Waals surface area contributed by atoms with Gasteiger partial charge in [-0.1, -0.05) is 19.1 Å². The first-order valence-corrected chi connectivity index (χ1v) is 4.97. The monoisotopic (exact) mass is 244 g/mol. The zero-order chi connectivity index (χ0) is 12.1. The molecule has 0 aliphatic heterocycles. The number of benzene rings is 1. The molecule has 0 spiro atoms. The van der Waals surface area contributed by atoms with E-state index in [-0.39, 0.29) is 36.0 Å². The predicted molar refractivity (Wildman–Crippen MR) is 55.6 cm³/mol. The molecule has 86 valence electrons. The molecule has 5 heteroatoms. The molecule has 0 saturated carbocycles. The van der Waals surface area contributed by atoms with Crippen molar-refractivity contribution in [2.45, 2.75) is 20.3 Å². The molecule has 4 nitrogen and oxygen atoms in total. The average molecular weight is 244 g/mol. The van der Waals surface area contributed by atoms with E-state index in [2.05, 4.69) is 0 Å². The van der Waals surface area contributed by atoms with Crippen LogP contribution in [0.3, 0.4) is 0 Å². The fraction of sp³-hybridized carbons (Fsp3) is 0.333. The Morgan fingerprint density at radius 2 is 2.06 bits per heavy atom. The molecule has 1 rings (SSSR count). The Morgan fingerprint density at radius 3 is 2.59 bits per heavy atom. The van der Waals surface area contributed by atoms with E-state index in [1.54, 1.807) is 18.2 Å². The van der Waals surface area contributed by atoms with E-state index < -0.39 is 17.9 Å². The van der Waals surface area contributed by atoms with Gasteiger partial charge in [-0.05, 0) is 31.0 Å². The van der Waals surface area contributed by atoms with Crippen LogP contribution < -0.4 is 39.4 Å². The second-order valence-corrected chi connectivity index (χ2v) is 3.71. The molecule has 0 aliphatic rings. The number of carbonyl (C=O) groups excluding carboxylic acids is 2. The normalized spacial score (nSPS) is 11.2. The minimum Gasteiger partial charge on any atom is -0.550 e. The van der Waals surface area contributed by atoms with E-state index in [1.807, 2.05) is 13.0 Å². The van der Waals surface area contributed by atoms with Gasteiger partial charge in [0.1, 0.15) is 5.75 Å². The smallest absolute Gasteiger partial charge is 0.550 e. The summed E-state index contributed by atoms with van der Waals surface area (Å²) in [4.78, 5) is 21.7. The molecule has 1 unspecified atom stereocenters. The van der Waals surface area contributed by atoms with Crippen molar-refractivity contribution >= 4 is 11.9 Å². The fourth-order valence-electron chi connectivity index (χ4n) is 1.23. The largest absolute Gasteiger partial charge is 1.00 e. The van der Waals surface area contributed by atoms with E-state index in [0.717, 1.165) is 5.56 Å². The first kappa shape index (κ1) is 16.2. The zero-order valence-corrected chi connectivity index (χ0v) is 12.2. The van der Waals surface area contributed by atoms with Gasteiger partial charge < -0.3 is 14.6 Å². The minimum atomic E-state index is -1.26. The maximum absolute atomic E-state index is 11.4. The van der Waals surface area contributed by atoms with Crippen molar-refractivity contribution in [3.63, 3.8) is 0 Å². The van der Waals surface area contributed by atoms with Crippen LogP contribution in [0.1, 0.15) is 18.9 Å². The van der Waals surface area contributed by atoms with Crippen LogP contribution in [0.15, 0.2) is 24.3 Å². The van der Waals surface area contributed by atoms with Crippen molar-refractivity contribution in [2.75, 3.05) is 0 Å². The topological polar surface area (TPSA) is 66.4 Å². The summed E-state index contributed by atoms with van der Waals surface area (Å²) in [6, 6.07) is 7.00. The van der Waals surface area contributed by atoms with E-state index in [9.17, 15) is 14.7 Å². The standard InChI is InChI=1S/C12H14O4.Na/c1-8-4-3-5-10(6-8)16-12(15)9(2)7-11(13)14;/h3-6,9H,7H2,1-2H3,(H,13,14);/q;+1/p-1. The van der Waals surface area contributed by atoms with Crippen molar-refractivity contribution in [2.24, 2.45) is 5.92 Å². The summed E-state index contributed by atoms with van der Waals surface area (Å²) in [6.07, 6.45) is -0.329. The SMILES string of the molecule is Cc1cccc(OC(=O)C(C)CC(=O)[O-])c1.[Na+]. The number of carboxylic acids is 1. The molecule has 0 bridgehead atoms. The van der Waals surface area contributed by atoms with Gasteiger partial charge in [-0.15, -0.1) is 0 Å². The van der Waals surface area contributed by atoms with E-state index in [1.165, 1.54) is 6.92 Å². The maximum atomic E-state index is 11.4. The second-order valence-electron chi connectivity index (χ2n) is 3.71. The Kier molecular flexibility index (Phi) is 7.11. The number of aryl methyl sites for hydroxylation is 1. The number of hydrogen-bond donors (Lipinski definition) is 0. The molecule has 0 saturated heterocycles. The van der Waals surface area contributed by atoms with Gasteiger partial charge in [-0.3, -0.25) is 4.79 Å².